The van der Waals surface area contributed by atoms with Gasteiger partial charge in [0.1, 0.15) is 9.88 Å². The van der Waals surface area contributed by atoms with Crippen molar-refractivity contribution in [1.82, 2.24) is 0 Å². The first kappa shape index (κ1) is 23.1. The molecule has 0 spiro atoms. The fourth-order valence-electron chi connectivity index (χ4n) is 2.48. The van der Waals surface area contributed by atoms with E-state index in [0.717, 1.165) is 37.0 Å². The lowest BCUT2D eigenvalue weighted by Crippen LogP contribution is -2.17. The van der Waals surface area contributed by atoms with Crippen molar-refractivity contribution >= 4 is 34.2 Å². The van der Waals surface area contributed by atoms with Gasteiger partial charge in [-0.15, -0.1) is 11.3 Å². The van der Waals surface area contributed by atoms with Gasteiger partial charge in [-0.05, 0) is 46.6 Å². The van der Waals surface area contributed by atoms with Gasteiger partial charge >= 0.3 is 11.9 Å². The van der Waals surface area contributed by atoms with Crippen molar-refractivity contribution in [2.24, 2.45) is 0 Å². The largest absolute Gasteiger partial charge is 0.459 e. The van der Waals surface area contributed by atoms with Crippen molar-refractivity contribution in [2.75, 3.05) is 5.32 Å². The quantitative estimate of drug-likeness (QED) is 0.439. The van der Waals surface area contributed by atoms with Crippen molar-refractivity contribution in [3.8, 4) is 0 Å². The molecule has 0 aliphatic heterocycles. The third-order valence-electron chi connectivity index (χ3n) is 3.73. The van der Waals surface area contributed by atoms with E-state index in [2.05, 4.69) is 12.2 Å². The van der Waals surface area contributed by atoms with E-state index in [9.17, 15) is 14.4 Å². The third kappa shape index (κ3) is 7.33. The van der Waals surface area contributed by atoms with Crippen LogP contribution in [0.15, 0.2) is 0 Å². The summed E-state index contributed by atoms with van der Waals surface area (Å²) in [7, 11) is 0. The van der Waals surface area contributed by atoms with Crippen LogP contribution in [0.5, 0.6) is 0 Å². The maximum absolute atomic E-state index is 12.5. The molecule has 1 heterocycles. The molecule has 0 unspecified atom stereocenters. The van der Waals surface area contributed by atoms with Crippen LogP contribution in [0.4, 0.5) is 5.00 Å². The lowest BCUT2D eigenvalue weighted by atomic mass is 10.1. The van der Waals surface area contributed by atoms with Crippen LogP contribution in [-0.2, 0) is 14.3 Å². The summed E-state index contributed by atoms with van der Waals surface area (Å²) in [5, 5.41) is 3.12. The van der Waals surface area contributed by atoms with Crippen molar-refractivity contribution in [3.05, 3.63) is 16.0 Å². The highest BCUT2D eigenvalue weighted by Crippen LogP contribution is 2.35. The number of anilines is 1. The number of ether oxygens (including phenoxy) is 2. The number of rotatable bonds is 10. The molecule has 0 aromatic carbocycles. The molecule has 0 bridgehead atoms. The zero-order chi connectivity index (χ0) is 20.6. The molecule has 1 aromatic heterocycles. The molecule has 0 atom stereocenters. The zero-order valence-electron chi connectivity index (χ0n) is 17.1. The second-order valence-corrected chi connectivity index (χ2v) is 8.05. The van der Waals surface area contributed by atoms with E-state index >= 15 is 0 Å². The van der Waals surface area contributed by atoms with Crippen LogP contribution < -0.4 is 5.32 Å². The highest BCUT2D eigenvalue weighted by molar-refractivity contribution is 7.18. The van der Waals surface area contributed by atoms with Crippen molar-refractivity contribution in [1.29, 1.82) is 0 Å². The van der Waals surface area contributed by atoms with Crippen LogP contribution in [0.1, 0.15) is 92.3 Å². The summed E-state index contributed by atoms with van der Waals surface area (Å²) in [4.78, 5) is 37.4. The van der Waals surface area contributed by atoms with E-state index in [1.54, 1.807) is 34.6 Å². The summed E-state index contributed by atoms with van der Waals surface area (Å²) in [6, 6.07) is 0. The standard InChI is InChI=1S/C20H31NO5S/c1-7-8-9-10-11-15(22)21-18-16(19(23)25-12(2)3)14(6)17(27-18)20(24)26-13(4)5/h12-13H,7-11H2,1-6H3,(H,21,22). The van der Waals surface area contributed by atoms with Crippen LogP contribution in [0.2, 0.25) is 0 Å². The lowest BCUT2D eigenvalue weighted by Gasteiger charge is -2.10. The van der Waals surface area contributed by atoms with Gasteiger partial charge in [-0.1, -0.05) is 26.2 Å². The summed E-state index contributed by atoms with van der Waals surface area (Å²) in [6.45, 7) is 10.8. The number of unbranched alkanes of at least 4 members (excludes halogenated alkanes) is 3. The number of nitrogens with one attached hydrogen (secondary N) is 1. The summed E-state index contributed by atoms with van der Waals surface area (Å²) < 4.78 is 10.5. The molecule has 7 heteroatoms. The summed E-state index contributed by atoms with van der Waals surface area (Å²) in [5.74, 6) is -1.23. The van der Waals surface area contributed by atoms with Crippen LogP contribution in [0.25, 0.3) is 0 Å². The van der Waals surface area contributed by atoms with E-state index in [4.69, 9.17) is 9.47 Å². The maximum Gasteiger partial charge on any atom is 0.348 e. The molecular weight excluding hydrogens is 366 g/mol. The second-order valence-electron chi connectivity index (χ2n) is 7.03. The van der Waals surface area contributed by atoms with Crippen molar-refractivity contribution in [2.45, 2.75) is 85.9 Å². The molecule has 152 valence electrons. The van der Waals surface area contributed by atoms with Crippen LogP contribution in [-0.4, -0.2) is 30.1 Å². The van der Waals surface area contributed by atoms with E-state index in [0.29, 0.717) is 21.9 Å². The molecule has 1 aromatic rings. The predicted octanol–water partition coefficient (Wildman–Crippen LogP) is 5.10. The Morgan fingerprint density at radius 3 is 2.11 bits per heavy atom. The molecular formula is C20H31NO5S. The minimum atomic E-state index is -0.552. The molecule has 0 aliphatic rings. The fourth-order valence-corrected chi connectivity index (χ4v) is 3.58. The highest BCUT2D eigenvalue weighted by Gasteiger charge is 2.28. The number of hydrogen-bond acceptors (Lipinski definition) is 6. The Bertz CT molecular complexity index is 664. The zero-order valence-corrected chi connectivity index (χ0v) is 18.0. The number of carbonyl (C=O) groups is 3. The Hall–Kier alpha value is -1.89. The smallest absolute Gasteiger partial charge is 0.348 e. The van der Waals surface area contributed by atoms with Crippen molar-refractivity contribution in [3.63, 3.8) is 0 Å². The predicted molar refractivity (Wildman–Crippen MR) is 108 cm³/mol. The molecule has 1 amide bonds. The molecule has 6 nitrogen and oxygen atoms in total. The van der Waals surface area contributed by atoms with Crippen LogP contribution in [0.3, 0.4) is 0 Å². The summed E-state index contributed by atoms with van der Waals surface area (Å²) >= 11 is 1.06. The Kier molecular flexibility index (Phi) is 9.49. The maximum atomic E-state index is 12.5. The van der Waals surface area contributed by atoms with Gasteiger partial charge in [0.15, 0.2) is 0 Å². The normalized spacial score (nSPS) is 11.0. The molecule has 27 heavy (non-hydrogen) atoms. The fraction of sp³-hybridized carbons (Fsp3) is 0.650. The monoisotopic (exact) mass is 397 g/mol. The van der Waals surface area contributed by atoms with Gasteiger partial charge in [0, 0.05) is 6.42 Å². The SMILES string of the molecule is CCCCCCC(=O)Nc1sc(C(=O)OC(C)C)c(C)c1C(=O)OC(C)C. The minimum absolute atomic E-state index is 0.172. The second kappa shape index (κ2) is 11.1. The molecule has 0 fully saturated rings. The Balaban J connectivity index is 3.06. The molecule has 0 saturated heterocycles. The first-order chi connectivity index (χ1) is 12.7. The van der Waals surface area contributed by atoms with Gasteiger partial charge in [-0.3, -0.25) is 4.79 Å². The van der Waals surface area contributed by atoms with E-state index < -0.39 is 11.9 Å². The molecule has 1 rings (SSSR count). The topological polar surface area (TPSA) is 81.7 Å². The molecule has 1 N–H and O–H groups in total. The summed E-state index contributed by atoms with van der Waals surface area (Å²) in [6.07, 6.45) is 3.75. The number of carbonyl (C=O) groups excluding carboxylic acids is 3. The minimum Gasteiger partial charge on any atom is -0.459 e. The van der Waals surface area contributed by atoms with Gasteiger partial charge in [0.05, 0.1) is 17.8 Å². The van der Waals surface area contributed by atoms with Gasteiger partial charge < -0.3 is 14.8 Å². The molecule has 0 radical (unpaired) electrons. The third-order valence-corrected chi connectivity index (χ3v) is 4.92. The number of hydrogen-bond donors (Lipinski definition) is 1. The van der Waals surface area contributed by atoms with Crippen molar-refractivity contribution < 1.29 is 23.9 Å². The first-order valence-corrected chi connectivity index (χ1v) is 10.3. The van der Waals surface area contributed by atoms with Gasteiger partial charge in [-0.2, -0.15) is 0 Å². The Morgan fingerprint density at radius 1 is 0.963 bits per heavy atom. The van der Waals surface area contributed by atoms with E-state index in [1.807, 2.05) is 0 Å². The van der Waals surface area contributed by atoms with E-state index in [1.165, 1.54) is 0 Å². The van der Waals surface area contributed by atoms with Gasteiger partial charge in [-0.25, -0.2) is 9.59 Å². The summed E-state index contributed by atoms with van der Waals surface area (Å²) in [5.41, 5.74) is 0.698. The average Bonchev–Trinajstić information content (AvgIpc) is 2.86. The van der Waals surface area contributed by atoms with E-state index in [-0.39, 0.29) is 23.7 Å². The number of amides is 1. The first-order valence-electron chi connectivity index (χ1n) is 9.52. The Labute approximate surface area is 165 Å². The van der Waals surface area contributed by atoms with Gasteiger partial charge in [0.2, 0.25) is 5.91 Å². The van der Waals surface area contributed by atoms with Crippen LogP contribution >= 0.6 is 11.3 Å². The molecule has 0 saturated carbocycles. The number of thiophene rings is 1. The van der Waals surface area contributed by atoms with Crippen LogP contribution in [0, 0.1) is 6.92 Å². The van der Waals surface area contributed by atoms with Gasteiger partial charge in [0.25, 0.3) is 0 Å². The number of esters is 2. The highest BCUT2D eigenvalue weighted by atomic mass is 32.1. The average molecular weight is 398 g/mol. The Morgan fingerprint density at radius 2 is 1.56 bits per heavy atom. The lowest BCUT2D eigenvalue weighted by molar-refractivity contribution is -0.116. The molecule has 0 aliphatic carbocycles.